The molecule has 5 nitrogen and oxygen atoms in total. The standard InChI is InChI=1S/C13H18FN3O2/c1-3-8(2)16-7-12(18)17-11-6-9(13(15)19)4-5-10(11)14/h4-6,8,16H,3,7H2,1-2H3,(H2,15,19)(H,17,18). The number of nitrogens with two attached hydrogens (primary N) is 1. The minimum absolute atomic E-state index is 0.0488. The Labute approximate surface area is 111 Å². The Kier molecular flexibility index (Phi) is 5.44. The van der Waals surface area contributed by atoms with E-state index in [1.165, 1.54) is 12.1 Å². The van der Waals surface area contributed by atoms with Crippen molar-refractivity contribution in [2.24, 2.45) is 5.73 Å². The van der Waals surface area contributed by atoms with Crippen LogP contribution in [-0.2, 0) is 4.79 Å². The number of amides is 2. The van der Waals surface area contributed by atoms with Crippen molar-refractivity contribution in [1.82, 2.24) is 5.32 Å². The summed E-state index contributed by atoms with van der Waals surface area (Å²) in [5.41, 5.74) is 5.19. The molecule has 0 aliphatic heterocycles. The van der Waals surface area contributed by atoms with Gasteiger partial charge >= 0.3 is 0 Å². The first-order valence-electron chi connectivity index (χ1n) is 6.06. The molecule has 0 heterocycles. The lowest BCUT2D eigenvalue weighted by molar-refractivity contribution is -0.115. The maximum absolute atomic E-state index is 13.5. The van der Waals surface area contributed by atoms with Gasteiger partial charge in [-0.1, -0.05) is 6.92 Å². The van der Waals surface area contributed by atoms with Crippen LogP contribution in [0.4, 0.5) is 10.1 Å². The van der Waals surface area contributed by atoms with Gasteiger partial charge in [-0.3, -0.25) is 9.59 Å². The summed E-state index contributed by atoms with van der Waals surface area (Å²) in [7, 11) is 0. The third kappa shape index (κ3) is 4.67. The SMILES string of the molecule is CCC(C)NCC(=O)Nc1cc(C(N)=O)ccc1F. The van der Waals surface area contributed by atoms with Gasteiger partial charge in [0.15, 0.2) is 0 Å². The summed E-state index contributed by atoms with van der Waals surface area (Å²) in [6, 6.07) is 3.79. The van der Waals surface area contributed by atoms with Crippen molar-refractivity contribution >= 4 is 17.5 Å². The Hall–Kier alpha value is -1.95. The molecule has 4 N–H and O–H groups in total. The molecule has 1 aromatic rings. The summed E-state index contributed by atoms with van der Waals surface area (Å²) in [5, 5.41) is 5.38. The molecule has 0 spiro atoms. The molecule has 0 fully saturated rings. The van der Waals surface area contributed by atoms with Gasteiger partial charge in [0.2, 0.25) is 11.8 Å². The van der Waals surface area contributed by atoms with Crippen molar-refractivity contribution < 1.29 is 14.0 Å². The van der Waals surface area contributed by atoms with Gasteiger partial charge < -0.3 is 16.4 Å². The molecule has 0 bridgehead atoms. The first-order chi connectivity index (χ1) is 8.93. The lowest BCUT2D eigenvalue weighted by Crippen LogP contribution is -2.34. The first-order valence-corrected chi connectivity index (χ1v) is 6.06. The first kappa shape index (κ1) is 15.1. The zero-order valence-electron chi connectivity index (χ0n) is 11.0. The number of benzene rings is 1. The molecule has 0 saturated heterocycles. The summed E-state index contributed by atoms with van der Waals surface area (Å²) in [6.45, 7) is 4.02. The largest absolute Gasteiger partial charge is 0.366 e. The number of carbonyl (C=O) groups is 2. The number of nitrogens with one attached hydrogen (secondary N) is 2. The van der Waals surface area contributed by atoms with Crippen LogP contribution in [0.3, 0.4) is 0 Å². The number of carbonyl (C=O) groups excluding carboxylic acids is 2. The van der Waals surface area contributed by atoms with Crippen LogP contribution in [0.5, 0.6) is 0 Å². The Bertz CT molecular complexity index is 477. The third-order valence-corrected chi connectivity index (χ3v) is 2.75. The van der Waals surface area contributed by atoms with Gasteiger partial charge in [-0.2, -0.15) is 0 Å². The smallest absolute Gasteiger partial charge is 0.248 e. The minimum atomic E-state index is -0.673. The summed E-state index contributed by atoms with van der Waals surface area (Å²) in [5.74, 6) is -1.66. The van der Waals surface area contributed by atoms with Crippen molar-refractivity contribution in [2.75, 3.05) is 11.9 Å². The molecule has 1 aromatic carbocycles. The highest BCUT2D eigenvalue weighted by atomic mass is 19.1. The molecule has 104 valence electrons. The topological polar surface area (TPSA) is 84.2 Å². The number of hydrogen-bond donors (Lipinski definition) is 3. The van der Waals surface area contributed by atoms with Gasteiger partial charge in [0.1, 0.15) is 5.82 Å². The highest BCUT2D eigenvalue weighted by Crippen LogP contribution is 2.15. The quantitative estimate of drug-likeness (QED) is 0.725. The maximum atomic E-state index is 13.5. The van der Waals surface area contributed by atoms with Gasteiger partial charge in [0.25, 0.3) is 0 Å². The molecule has 0 radical (unpaired) electrons. The summed E-state index contributed by atoms with van der Waals surface area (Å²) >= 11 is 0. The van der Waals surface area contributed by atoms with Crippen LogP contribution in [0, 0.1) is 5.82 Å². The fourth-order valence-corrected chi connectivity index (χ4v) is 1.38. The van der Waals surface area contributed by atoms with Gasteiger partial charge in [0.05, 0.1) is 12.2 Å². The summed E-state index contributed by atoms with van der Waals surface area (Å²) in [4.78, 5) is 22.6. The Balaban J connectivity index is 2.68. The molecular weight excluding hydrogens is 249 g/mol. The van der Waals surface area contributed by atoms with E-state index in [1.54, 1.807) is 0 Å². The van der Waals surface area contributed by atoms with Crippen LogP contribution >= 0.6 is 0 Å². The monoisotopic (exact) mass is 267 g/mol. The van der Waals surface area contributed by atoms with Gasteiger partial charge in [-0.15, -0.1) is 0 Å². The maximum Gasteiger partial charge on any atom is 0.248 e. The van der Waals surface area contributed by atoms with Crippen LogP contribution < -0.4 is 16.4 Å². The molecule has 0 saturated carbocycles. The normalized spacial score (nSPS) is 11.9. The molecule has 0 aliphatic rings. The van der Waals surface area contributed by atoms with Crippen molar-refractivity contribution in [3.05, 3.63) is 29.6 Å². The van der Waals surface area contributed by atoms with E-state index in [1.807, 2.05) is 13.8 Å². The molecule has 6 heteroatoms. The van der Waals surface area contributed by atoms with Crippen molar-refractivity contribution in [1.29, 1.82) is 0 Å². The second kappa shape index (κ2) is 6.84. The molecule has 0 aliphatic carbocycles. The lowest BCUT2D eigenvalue weighted by atomic mass is 10.2. The van der Waals surface area contributed by atoms with E-state index >= 15 is 0 Å². The Morgan fingerprint density at radius 1 is 1.42 bits per heavy atom. The predicted molar refractivity (Wildman–Crippen MR) is 71.3 cm³/mol. The van der Waals surface area contributed by atoms with E-state index in [2.05, 4.69) is 10.6 Å². The molecule has 2 amide bonds. The highest BCUT2D eigenvalue weighted by molar-refractivity contribution is 5.96. The molecule has 1 unspecified atom stereocenters. The van der Waals surface area contributed by atoms with Crippen LogP contribution in [0.25, 0.3) is 0 Å². The average molecular weight is 267 g/mol. The summed E-state index contributed by atoms with van der Waals surface area (Å²) < 4.78 is 13.5. The van der Waals surface area contributed by atoms with Crippen molar-refractivity contribution in [3.8, 4) is 0 Å². The van der Waals surface area contributed by atoms with E-state index in [0.29, 0.717) is 0 Å². The Morgan fingerprint density at radius 3 is 2.68 bits per heavy atom. The molecular formula is C13H18FN3O2. The minimum Gasteiger partial charge on any atom is -0.366 e. The van der Waals surface area contributed by atoms with Gasteiger partial charge in [0, 0.05) is 11.6 Å². The average Bonchev–Trinajstić information content (AvgIpc) is 2.38. The molecule has 0 aromatic heterocycles. The molecule has 1 rings (SSSR count). The predicted octanol–water partition coefficient (Wildman–Crippen LogP) is 1.25. The van der Waals surface area contributed by atoms with Crippen molar-refractivity contribution in [2.45, 2.75) is 26.3 Å². The number of anilines is 1. The van der Waals surface area contributed by atoms with E-state index in [0.717, 1.165) is 12.5 Å². The highest BCUT2D eigenvalue weighted by Gasteiger charge is 2.10. The second-order valence-electron chi connectivity index (χ2n) is 4.30. The lowest BCUT2D eigenvalue weighted by Gasteiger charge is -2.12. The number of halogens is 1. The van der Waals surface area contributed by atoms with Crippen LogP contribution in [0.1, 0.15) is 30.6 Å². The molecule has 19 heavy (non-hydrogen) atoms. The number of hydrogen-bond acceptors (Lipinski definition) is 3. The Morgan fingerprint density at radius 2 is 2.11 bits per heavy atom. The van der Waals surface area contributed by atoms with E-state index in [9.17, 15) is 14.0 Å². The second-order valence-corrected chi connectivity index (χ2v) is 4.30. The van der Waals surface area contributed by atoms with E-state index < -0.39 is 11.7 Å². The third-order valence-electron chi connectivity index (χ3n) is 2.75. The van der Waals surface area contributed by atoms with E-state index in [4.69, 9.17) is 5.73 Å². The fraction of sp³-hybridized carbons (Fsp3) is 0.385. The zero-order chi connectivity index (χ0) is 14.4. The van der Waals surface area contributed by atoms with Crippen LogP contribution in [-0.4, -0.2) is 24.4 Å². The molecule has 1 atom stereocenters. The van der Waals surface area contributed by atoms with E-state index in [-0.39, 0.29) is 29.7 Å². The van der Waals surface area contributed by atoms with Gasteiger partial charge in [-0.25, -0.2) is 4.39 Å². The fourth-order valence-electron chi connectivity index (χ4n) is 1.38. The van der Waals surface area contributed by atoms with Crippen molar-refractivity contribution in [3.63, 3.8) is 0 Å². The number of rotatable bonds is 6. The van der Waals surface area contributed by atoms with Gasteiger partial charge in [-0.05, 0) is 31.5 Å². The van der Waals surface area contributed by atoms with Crippen LogP contribution in [0.2, 0.25) is 0 Å². The van der Waals surface area contributed by atoms with Crippen LogP contribution in [0.15, 0.2) is 18.2 Å². The summed E-state index contributed by atoms with van der Waals surface area (Å²) in [6.07, 6.45) is 0.888. The number of primary amides is 1. The zero-order valence-corrected chi connectivity index (χ0v) is 11.0.